The van der Waals surface area contributed by atoms with Gasteiger partial charge in [0.05, 0.1) is 38.3 Å². The first-order valence-corrected chi connectivity index (χ1v) is 14.9. The largest absolute Gasteiger partial charge is 0.496 e. The monoisotopic (exact) mass is 485 g/mol. The molecule has 2 aromatic rings. The number of methoxy groups -OCH3 is 1. The Kier molecular flexibility index (Phi) is 9.28. The summed E-state index contributed by atoms with van der Waals surface area (Å²) in [5, 5.41) is 0. The molecule has 1 unspecified atom stereocenters. The molecule has 2 heterocycles. The van der Waals surface area contributed by atoms with Crippen molar-refractivity contribution in [1.82, 2.24) is 4.98 Å². The number of benzene rings is 1. The van der Waals surface area contributed by atoms with Gasteiger partial charge in [-0.05, 0) is 49.0 Å². The average molecular weight is 486 g/mol. The maximum absolute atomic E-state index is 13.0. The van der Waals surface area contributed by atoms with Crippen LogP contribution in [0.1, 0.15) is 50.8 Å². The van der Waals surface area contributed by atoms with Gasteiger partial charge in [-0.3, -0.25) is 9.78 Å². The number of aromatic nitrogens is 1. The molecule has 186 valence electrons. The zero-order valence-electron chi connectivity index (χ0n) is 21.3. The fourth-order valence-corrected chi connectivity index (χ4v) is 5.53. The molecule has 4 atom stereocenters. The normalized spacial score (nSPS) is 21.4. The van der Waals surface area contributed by atoms with Crippen molar-refractivity contribution in [3.63, 3.8) is 0 Å². The van der Waals surface area contributed by atoms with Gasteiger partial charge < -0.3 is 18.6 Å². The molecule has 3 rings (SSSR count). The third-order valence-electron chi connectivity index (χ3n) is 6.10. The lowest BCUT2D eigenvalue weighted by molar-refractivity contribution is -0.151. The molecule has 1 aromatic carbocycles. The Morgan fingerprint density at radius 1 is 1.21 bits per heavy atom. The van der Waals surface area contributed by atoms with Crippen LogP contribution >= 0.6 is 0 Å². The van der Waals surface area contributed by atoms with Gasteiger partial charge in [0.2, 0.25) is 0 Å². The van der Waals surface area contributed by atoms with E-state index in [-0.39, 0.29) is 42.0 Å². The smallest absolute Gasteiger partial charge is 0.310 e. The van der Waals surface area contributed by atoms with E-state index >= 15 is 0 Å². The number of hydrogen-bond donors (Lipinski definition) is 0. The molecule has 0 saturated carbocycles. The first-order valence-electron chi connectivity index (χ1n) is 12.2. The van der Waals surface area contributed by atoms with E-state index in [4.69, 9.17) is 18.6 Å². The molecule has 6 nitrogen and oxygen atoms in total. The Morgan fingerprint density at radius 3 is 2.62 bits per heavy atom. The van der Waals surface area contributed by atoms with Crippen LogP contribution in [0.15, 0.2) is 48.8 Å². The molecule has 0 spiro atoms. The van der Waals surface area contributed by atoms with Gasteiger partial charge >= 0.3 is 5.97 Å². The summed E-state index contributed by atoms with van der Waals surface area (Å²) in [7, 11) is 0.258. The number of nitrogens with zero attached hydrogens (tertiary/aromatic N) is 1. The van der Waals surface area contributed by atoms with Gasteiger partial charge in [0.15, 0.2) is 9.04 Å². The van der Waals surface area contributed by atoms with Crippen molar-refractivity contribution in [2.45, 2.75) is 71.4 Å². The van der Waals surface area contributed by atoms with Crippen LogP contribution in [0.5, 0.6) is 5.75 Å². The van der Waals surface area contributed by atoms with E-state index in [1.807, 2.05) is 42.6 Å². The number of carbonyl (C=O) groups is 1. The molecule has 0 radical (unpaired) electrons. The number of carbonyl (C=O) groups excluding carboxylic acids is 1. The first-order chi connectivity index (χ1) is 16.2. The Hall–Kier alpha value is -2.22. The van der Waals surface area contributed by atoms with Crippen molar-refractivity contribution in [2.75, 3.05) is 13.7 Å². The van der Waals surface area contributed by atoms with Crippen molar-refractivity contribution < 1.29 is 23.4 Å². The van der Waals surface area contributed by atoms with Gasteiger partial charge in [0.25, 0.3) is 0 Å². The second kappa shape index (κ2) is 12.0. The van der Waals surface area contributed by atoms with Gasteiger partial charge in [-0.15, -0.1) is 0 Å². The fraction of sp³-hybridized carbons (Fsp3) is 0.556. The van der Waals surface area contributed by atoms with Crippen molar-refractivity contribution in [3.05, 3.63) is 59.9 Å². The summed E-state index contributed by atoms with van der Waals surface area (Å²) in [6.07, 6.45) is 4.98. The van der Waals surface area contributed by atoms with Gasteiger partial charge in [-0.25, -0.2) is 0 Å². The molecular weight excluding hydrogens is 446 g/mol. The molecule has 1 fully saturated rings. The zero-order chi connectivity index (χ0) is 24.7. The Balaban J connectivity index is 1.84. The Bertz CT molecular complexity index is 915. The zero-order valence-corrected chi connectivity index (χ0v) is 22.5. The van der Waals surface area contributed by atoms with Crippen LogP contribution in [0.25, 0.3) is 0 Å². The highest BCUT2D eigenvalue weighted by Crippen LogP contribution is 2.42. The van der Waals surface area contributed by atoms with Crippen LogP contribution in [-0.4, -0.2) is 45.9 Å². The molecule has 0 amide bonds. The van der Waals surface area contributed by atoms with Crippen LogP contribution in [0.4, 0.5) is 0 Å². The summed E-state index contributed by atoms with van der Waals surface area (Å²) in [5.41, 5.74) is 1.98. The summed E-state index contributed by atoms with van der Waals surface area (Å²) >= 11 is 0. The maximum atomic E-state index is 13.0. The summed E-state index contributed by atoms with van der Waals surface area (Å²) in [4.78, 5) is 17.3. The minimum Gasteiger partial charge on any atom is -0.496 e. The summed E-state index contributed by atoms with van der Waals surface area (Å²) < 4.78 is 24.3. The predicted octanol–water partition coefficient (Wildman–Crippen LogP) is 5.13. The lowest BCUT2D eigenvalue weighted by Crippen LogP contribution is -2.39. The van der Waals surface area contributed by atoms with Crippen LogP contribution in [0.2, 0.25) is 13.1 Å². The molecule has 7 heteroatoms. The molecule has 1 aliphatic heterocycles. The lowest BCUT2D eigenvalue weighted by atomic mass is 9.82. The van der Waals surface area contributed by atoms with Gasteiger partial charge in [-0.1, -0.05) is 45.0 Å². The topological polar surface area (TPSA) is 66.9 Å². The van der Waals surface area contributed by atoms with Crippen molar-refractivity contribution in [2.24, 2.45) is 11.3 Å². The third kappa shape index (κ3) is 7.39. The predicted molar refractivity (Wildman–Crippen MR) is 135 cm³/mol. The maximum Gasteiger partial charge on any atom is 0.310 e. The van der Waals surface area contributed by atoms with E-state index in [0.29, 0.717) is 12.4 Å². The summed E-state index contributed by atoms with van der Waals surface area (Å²) in [5.74, 6) is 0.304. The number of rotatable bonds is 10. The van der Waals surface area contributed by atoms with E-state index < -0.39 is 9.04 Å². The molecular formula is C27H39NO5Si. The quantitative estimate of drug-likeness (QED) is 0.343. The van der Waals surface area contributed by atoms with E-state index in [9.17, 15) is 4.79 Å². The molecule has 0 bridgehead atoms. The number of pyridine rings is 1. The molecule has 0 aliphatic carbocycles. The molecule has 1 aromatic heterocycles. The Labute approximate surface area is 205 Å². The standard InChI is InChI=1S/C27H39NO5Si/c1-27(2,3)14-13-22(33-34(5)6)25-23(18-31-26(25)20-11-9-15-28-17-20)32-24(29)16-19-10-7-8-12-21(19)30-4/h7-12,15,17,22-23,25-26,34H,13-14,16,18H2,1-6H3/t22?,23-,25+,26+/m1/s1. The minimum absolute atomic E-state index is 0.0531. The number of esters is 1. The average Bonchev–Trinajstić information content (AvgIpc) is 3.20. The van der Waals surface area contributed by atoms with Crippen molar-refractivity contribution in [3.8, 4) is 5.75 Å². The molecule has 0 N–H and O–H groups in total. The highest BCUT2D eigenvalue weighted by Gasteiger charge is 2.46. The highest BCUT2D eigenvalue weighted by atomic mass is 28.3. The molecule has 1 aliphatic rings. The third-order valence-corrected chi connectivity index (χ3v) is 6.99. The van der Waals surface area contributed by atoms with Crippen molar-refractivity contribution >= 4 is 15.0 Å². The van der Waals surface area contributed by atoms with Crippen molar-refractivity contribution in [1.29, 1.82) is 0 Å². The van der Waals surface area contributed by atoms with Crippen LogP contribution in [0.3, 0.4) is 0 Å². The first kappa shape index (κ1) is 26.4. The van der Waals surface area contributed by atoms with Gasteiger partial charge in [-0.2, -0.15) is 0 Å². The molecule has 34 heavy (non-hydrogen) atoms. The molecule has 1 saturated heterocycles. The van der Waals surface area contributed by atoms with Crippen LogP contribution in [0, 0.1) is 11.3 Å². The van der Waals surface area contributed by atoms with Crippen LogP contribution in [-0.2, 0) is 25.1 Å². The second-order valence-electron chi connectivity index (χ2n) is 10.5. The fourth-order valence-electron chi connectivity index (χ4n) is 4.52. The lowest BCUT2D eigenvalue weighted by Gasteiger charge is -2.34. The van der Waals surface area contributed by atoms with E-state index in [0.717, 1.165) is 24.0 Å². The number of ether oxygens (including phenoxy) is 3. The van der Waals surface area contributed by atoms with Gasteiger partial charge in [0, 0.05) is 18.0 Å². The summed E-state index contributed by atoms with van der Waals surface area (Å²) in [6.45, 7) is 11.4. The summed E-state index contributed by atoms with van der Waals surface area (Å²) in [6, 6.07) is 11.5. The van der Waals surface area contributed by atoms with Gasteiger partial charge in [0.1, 0.15) is 11.9 Å². The SMILES string of the molecule is COc1ccccc1CC(=O)O[C@@H]1CO[C@@H](c2cccnc2)[C@H]1C(CCC(C)(C)C)O[SiH](C)C. The highest BCUT2D eigenvalue weighted by molar-refractivity contribution is 6.48. The van der Waals surface area contributed by atoms with E-state index in [1.165, 1.54) is 0 Å². The second-order valence-corrected chi connectivity index (χ2v) is 12.8. The number of hydrogen-bond acceptors (Lipinski definition) is 6. The minimum atomic E-state index is -1.35. The Morgan fingerprint density at radius 2 is 1.97 bits per heavy atom. The van der Waals surface area contributed by atoms with E-state index in [2.05, 4.69) is 38.8 Å². The van der Waals surface area contributed by atoms with E-state index in [1.54, 1.807) is 13.3 Å². The number of para-hydroxylation sites is 1. The van der Waals surface area contributed by atoms with Crippen LogP contribution < -0.4 is 4.74 Å².